The lowest BCUT2D eigenvalue weighted by Gasteiger charge is -2.36. The van der Waals surface area contributed by atoms with E-state index in [4.69, 9.17) is 4.74 Å². The molecule has 0 spiro atoms. The molecule has 9 heteroatoms. The van der Waals surface area contributed by atoms with Crippen LogP contribution in [0, 0.1) is 5.41 Å². The molecule has 0 radical (unpaired) electrons. The molecule has 1 unspecified atom stereocenters. The highest BCUT2D eigenvalue weighted by Gasteiger charge is 2.45. The van der Waals surface area contributed by atoms with Crippen molar-refractivity contribution in [3.05, 3.63) is 28.0 Å². The Morgan fingerprint density at radius 1 is 1.19 bits per heavy atom. The quantitative estimate of drug-likeness (QED) is 0.597. The van der Waals surface area contributed by atoms with E-state index in [1.165, 1.54) is 6.07 Å². The molecule has 1 N–H and O–H groups in total. The molecule has 0 aliphatic heterocycles. The molecule has 0 aromatic carbocycles. The summed E-state index contributed by atoms with van der Waals surface area (Å²) in [5.74, 6) is -2.14. The number of rotatable bonds is 4. The molecule has 0 aliphatic carbocycles. The Kier molecular flexibility index (Phi) is 7.58. The molecule has 1 atom stereocenters. The number of alkyl halides is 1. The number of pyridine rings is 1. The van der Waals surface area contributed by atoms with Crippen LogP contribution in [0.4, 0.5) is 4.79 Å². The van der Waals surface area contributed by atoms with Gasteiger partial charge in [-0.25, -0.2) is 19.5 Å². The lowest BCUT2D eigenvalue weighted by Crippen LogP contribution is -2.56. The number of imide groups is 1. The zero-order valence-corrected chi connectivity index (χ0v) is 19.3. The highest BCUT2D eigenvalue weighted by atomic mass is 79.9. The molecule has 1 rings (SSSR count). The van der Waals surface area contributed by atoms with Gasteiger partial charge in [-0.1, -0.05) is 36.7 Å². The first-order valence-corrected chi connectivity index (χ1v) is 10.1. The number of hydrogen-bond donors (Lipinski definition) is 1. The number of nitrogens with zero attached hydrogens (tertiary/aromatic N) is 2. The van der Waals surface area contributed by atoms with Crippen LogP contribution in [0.1, 0.15) is 57.7 Å². The van der Waals surface area contributed by atoms with E-state index < -0.39 is 35.0 Å². The SMILES string of the molecule is CC(C)(C)OC(=O)N(C(=O)c1ccc(Br)c(CBr)n1)C(C(=O)O)C(C)(C)C. The molecule has 0 fully saturated rings. The van der Waals surface area contributed by atoms with Crippen molar-refractivity contribution < 1.29 is 24.2 Å². The van der Waals surface area contributed by atoms with Gasteiger partial charge in [-0.05, 0) is 54.2 Å². The fraction of sp³-hybridized carbons (Fsp3) is 0.556. The van der Waals surface area contributed by atoms with Crippen LogP contribution in [0.3, 0.4) is 0 Å². The third kappa shape index (κ3) is 6.27. The molecular formula is C18H24Br2N2O5. The molecule has 1 heterocycles. The standard InChI is InChI=1S/C18H24Br2N2O5/c1-17(2,3)13(15(24)25)22(16(26)27-18(4,5)6)14(23)11-8-7-10(20)12(9-19)21-11/h7-8,13H,9H2,1-6H3,(H,24,25). The summed E-state index contributed by atoms with van der Waals surface area (Å²) in [5.41, 5.74) is -1.32. The van der Waals surface area contributed by atoms with Crippen molar-refractivity contribution in [2.24, 2.45) is 5.41 Å². The number of amides is 2. The van der Waals surface area contributed by atoms with E-state index in [1.807, 2.05) is 0 Å². The third-order valence-electron chi connectivity index (χ3n) is 3.39. The largest absolute Gasteiger partial charge is 0.480 e. The van der Waals surface area contributed by atoms with Crippen molar-refractivity contribution in [3.63, 3.8) is 0 Å². The van der Waals surface area contributed by atoms with Gasteiger partial charge < -0.3 is 9.84 Å². The summed E-state index contributed by atoms with van der Waals surface area (Å²) in [6, 6.07) is 1.62. The van der Waals surface area contributed by atoms with Crippen molar-refractivity contribution in [1.29, 1.82) is 0 Å². The number of aliphatic carboxylic acids is 1. The fourth-order valence-corrected chi connectivity index (χ4v) is 3.47. The third-order valence-corrected chi connectivity index (χ3v) is 4.64. The zero-order chi connectivity index (χ0) is 21.2. The minimum Gasteiger partial charge on any atom is -0.480 e. The van der Waals surface area contributed by atoms with Crippen LogP contribution in [0.25, 0.3) is 0 Å². The Balaban J connectivity index is 3.50. The number of carbonyl (C=O) groups is 3. The van der Waals surface area contributed by atoms with Crippen LogP contribution in [0.15, 0.2) is 16.6 Å². The first-order valence-electron chi connectivity index (χ1n) is 8.19. The molecular weight excluding hydrogens is 484 g/mol. The van der Waals surface area contributed by atoms with E-state index in [-0.39, 0.29) is 5.69 Å². The normalized spacial score (nSPS) is 13.0. The van der Waals surface area contributed by atoms with Gasteiger partial charge in [-0.3, -0.25) is 4.79 Å². The van der Waals surface area contributed by atoms with Gasteiger partial charge in [-0.2, -0.15) is 0 Å². The van der Waals surface area contributed by atoms with Gasteiger partial charge in [0.25, 0.3) is 5.91 Å². The summed E-state index contributed by atoms with van der Waals surface area (Å²) < 4.78 is 5.99. The molecule has 0 saturated heterocycles. The molecule has 27 heavy (non-hydrogen) atoms. The molecule has 0 saturated carbocycles. The average molecular weight is 508 g/mol. The smallest absolute Gasteiger partial charge is 0.418 e. The van der Waals surface area contributed by atoms with E-state index in [9.17, 15) is 19.5 Å². The highest BCUT2D eigenvalue weighted by molar-refractivity contribution is 9.10. The predicted molar refractivity (Wildman–Crippen MR) is 108 cm³/mol. The second-order valence-electron chi connectivity index (χ2n) is 8.02. The van der Waals surface area contributed by atoms with Gasteiger partial charge in [0.05, 0.1) is 5.69 Å². The second kappa shape index (κ2) is 8.68. The summed E-state index contributed by atoms with van der Waals surface area (Å²) in [6.45, 7) is 9.82. The Bertz CT molecular complexity index is 738. The molecule has 1 aromatic rings. The molecule has 7 nitrogen and oxygen atoms in total. The Hall–Kier alpha value is -1.48. The molecule has 1 aromatic heterocycles. The average Bonchev–Trinajstić information content (AvgIpc) is 2.48. The van der Waals surface area contributed by atoms with E-state index in [0.29, 0.717) is 20.4 Å². The summed E-state index contributed by atoms with van der Waals surface area (Å²) in [6.07, 6.45) is -1.03. The molecule has 0 aliphatic rings. The first kappa shape index (κ1) is 23.6. The van der Waals surface area contributed by atoms with Crippen LogP contribution in [0.2, 0.25) is 0 Å². The number of carboxylic acids is 1. The molecule has 150 valence electrons. The van der Waals surface area contributed by atoms with Gasteiger partial charge in [0, 0.05) is 9.80 Å². The summed E-state index contributed by atoms with van der Waals surface area (Å²) in [5, 5.41) is 10.1. The number of aromatic nitrogens is 1. The molecule has 0 bridgehead atoms. The van der Waals surface area contributed by atoms with Crippen molar-refractivity contribution in [1.82, 2.24) is 9.88 Å². The van der Waals surface area contributed by atoms with Gasteiger partial charge in [0.2, 0.25) is 0 Å². The number of ether oxygens (including phenoxy) is 1. The highest BCUT2D eigenvalue weighted by Crippen LogP contribution is 2.28. The van der Waals surface area contributed by atoms with Crippen molar-refractivity contribution in [3.8, 4) is 0 Å². The number of carboxylic acid groups (broad SMARTS) is 1. The van der Waals surface area contributed by atoms with E-state index in [1.54, 1.807) is 47.6 Å². The maximum atomic E-state index is 13.1. The predicted octanol–water partition coefficient (Wildman–Crippen LogP) is 4.62. The zero-order valence-electron chi connectivity index (χ0n) is 16.2. The van der Waals surface area contributed by atoms with Crippen LogP contribution < -0.4 is 0 Å². The summed E-state index contributed by atoms with van der Waals surface area (Å²) in [4.78, 5) is 42.7. The van der Waals surface area contributed by atoms with Crippen molar-refractivity contribution in [2.45, 2.75) is 58.5 Å². The van der Waals surface area contributed by atoms with E-state index in [2.05, 4.69) is 36.8 Å². The Labute approximate surface area is 175 Å². The van der Waals surface area contributed by atoms with Crippen LogP contribution in [-0.2, 0) is 14.9 Å². The van der Waals surface area contributed by atoms with Gasteiger partial charge in [0.1, 0.15) is 17.3 Å². The maximum absolute atomic E-state index is 13.1. The monoisotopic (exact) mass is 506 g/mol. The number of hydrogen-bond acceptors (Lipinski definition) is 5. The topological polar surface area (TPSA) is 96.8 Å². The van der Waals surface area contributed by atoms with Gasteiger partial charge in [0.15, 0.2) is 0 Å². The van der Waals surface area contributed by atoms with Crippen LogP contribution in [0.5, 0.6) is 0 Å². The minimum atomic E-state index is -1.43. The minimum absolute atomic E-state index is 0.0472. The second-order valence-corrected chi connectivity index (χ2v) is 9.44. The number of halogens is 2. The Morgan fingerprint density at radius 2 is 1.74 bits per heavy atom. The maximum Gasteiger partial charge on any atom is 0.418 e. The van der Waals surface area contributed by atoms with Gasteiger partial charge in [-0.15, -0.1) is 0 Å². The van der Waals surface area contributed by atoms with Crippen LogP contribution >= 0.6 is 31.9 Å². The van der Waals surface area contributed by atoms with E-state index >= 15 is 0 Å². The van der Waals surface area contributed by atoms with Crippen molar-refractivity contribution in [2.75, 3.05) is 0 Å². The lowest BCUT2D eigenvalue weighted by atomic mass is 9.85. The summed E-state index contributed by atoms with van der Waals surface area (Å²) in [7, 11) is 0. The molecule has 2 amide bonds. The fourth-order valence-electron chi connectivity index (χ4n) is 2.31. The van der Waals surface area contributed by atoms with Crippen molar-refractivity contribution >= 4 is 49.8 Å². The summed E-state index contributed by atoms with van der Waals surface area (Å²) >= 11 is 6.60. The van der Waals surface area contributed by atoms with Gasteiger partial charge >= 0.3 is 12.1 Å². The first-order chi connectivity index (χ1) is 12.2. The number of carbonyl (C=O) groups excluding carboxylic acids is 2. The van der Waals surface area contributed by atoms with Crippen LogP contribution in [-0.4, -0.2) is 44.6 Å². The Morgan fingerprint density at radius 3 is 2.15 bits per heavy atom. The lowest BCUT2D eigenvalue weighted by molar-refractivity contribution is -0.146. The van der Waals surface area contributed by atoms with E-state index in [0.717, 1.165) is 0 Å².